The zero-order valence-corrected chi connectivity index (χ0v) is 17.0. The highest BCUT2D eigenvalue weighted by Crippen LogP contribution is 2.41. The molecule has 0 aliphatic heterocycles. The SMILES string of the molecule is COC(=O)Cc1cccc(CCNC(=O)[C@]2(O)C[C@H](C)CC[C@H]2C(C)C)c1. The molecular formula is C22H33NO4. The maximum Gasteiger partial charge on any atom is 0.309 e. The molecule has 5 nitrogen and oxygen atoms in total. The minimum absolute atomic E-state index is 0.00270. The molecule has 3 atom stereocenters. The molecule has 150 valence electrons. The van der Waals surface area contributed by atoms with Gasteiger partial charge in [0.15, 0.2) is 0 Å². The first-order valence-electron chi connectivity index (χ1n) is 9.91. The number of ether oxygens (including phenoxy) is 1. The van der Waals surface area contributed by atoms with Crippen LogP contribution in [0.2, 0.25) is 0 Å². The molecule has 0 unspecified atom stereocenters. The number of amides is 1. The second-order valence-corrected chi connectivity index (χ2v) is 8.24. The van der Waals surface area contributed by atoms with Crippen molar-refractivity contribution in [1.82, 2.24) is 5.32 Å². The molecule has 0 bridgehead atoms. The van der Waals surface area contributed by atoms with E-state index in [4.69, 9.17) is 4.74 Å². The van der Waals surface area contributed by atoms with E-state index in [1.807, 2.05) is 24.3 Å². The van der Waals surface area contributed by atoms with Gasteiger partial charge in [-0.05, 0) is 48.1 Å². The van der Waals surface area contributed by atoms with Gasteiger partial charge in [0.2, 0.25) is 0 Å². The fraction of sp³-hybridized carbons (Fsp3) is 0.636. The maximum absolute atomic E-state index is 12.8. The third kappa shape index (κ3) is 5.55. The average molecular weight is 376 g/mol. The zero-order chi connectivity index (χ0) is 20.0. The van der Waals surface area contributed by atoms with E-state index in [0.717, 1.165) is 24.0 Å². The van der Waals surface area contributed by atoms with Crippen LogP contribution in [-0.2, 0) is 27.2 Å². The van der Waals surface area contributed by atoms with Gasteiger partial charge in [-0.2, -0.15) is 0 Å². The lowest BCUT2D eigenvalue weighted by atomic mass is 9.66. The van der Waals surface area contributed by atoms with Gasteiger partial charge in [-0.25, -0.2) is 0 Å². The van der Waals surface area contributed by atoms with E-state index >= 15 is 0 Å². The number of methoxy groups -OCH3 is 1. The topological polar surface area (TPSA) is 75.6 Å². The van der Waals surface area contributed by atoms with Crippen molar-refractivity contribution in [2.45, 2.75) is 58.5 Å². The Balaban J connectivity index is 1.95. The van der Waals surface area contributed by atoms with Crippen molar-refractivity contribution in [1.29, 1.82) is 0 Å². The molecule has 1 aliphatic carbocycles. The number of nitrogens with one attached hydrogen (secondary N) is 1. The smallest absolute Gasteiger partial charge is 0.309 e. The number of hydrogen-bond donors (Lipinski definition) is 2. The molecule has 1 amide bonds. The Morgan fingerprint density at radius 2 is 2.00 bits per heavy atom. The predicted octanol–water partition coefficient (Wildman–Crippen LogP) is 2.88. The minimum Gasteiger partial charge on any atom is -0.469 e. The summed E-state index contributed by atoms with van der Waals surface area (Å²) in [6.07, 6.45) is 3.36. The molecule has 2 rings (SSSR count). The summed E-state index contributed by atoms with van der Waals surface area (Å²) >= 11 is 0. The molecule has 1 aromatic rings. The zero-order valence-electron chi connectivity index (χ0n) is 17.0. The van der Waals surface area contributed by atoms with E-state index in [1.165, 1.54) is 7.11 Å². The lowest BCUT2D eigenvalue weighted by molar-refractivity contribution is -0.155. The molecule has 0 radical (unpaired) electrons. The monoisotopic (exact) mass is 375 g/mol. The summed E-state index contributed by atoms with van der Waals surface area (Å²) in [5.74, 6) is 0.0957. The molecule has 5 heteroatoms. The van der Waals surface area contributed by atoms with Crippen molar-refractivity contribution in [2.24, 2.45) is 17.8 Å². The Bertz CT molecular complexity index is 657. The molecular weight excluding hydrogens is 342 g/mol. The number of esters is 1. The molecule has 0 saturated heterocycles. The number of carbonyl (C=O) groups is 2. The Morgan fingerprint density at radius 1 is 1.30 bits per heavy atom. The average Bonchev–Trinajstić information content (AvgIpc) is 2.61. The number of aliphatic hydroxyl groups is 1. The summed E-state index contributed by atoms with van der Waals surface area (Å²) in [7, 11) is 1.38. The van der Waals surface area contributed by atoms with Crippen LogP contribution >= 0.6 is 0 Å². The third-order valence-corrected chi connectivity index (χ3v) is 5.71. The van der Waals surface area contributed by atoms with Gasteiger partial charge in [-0.3, -0.25) is 9.59 Å². The summed E-state index contributed by atoms with van der Waals surface area (Å²) in [5.41, 5.74) is 0.657. The largest absolute Gasteiger partial charge is 0.469 e. The molecule has 0 aromatic heterocycles. The second kappa shape index (κ2) is 9.36. The standard InChI is InChI=1S/C22H33NO4/c1-15(2)19-9-8-16(3)14-22(19,26)21(25)23-11-10-17-6-5-7-18(12-17)13-20(24)27-4/h5-7,12,15-16,19,26H,8-11,13-14H2,1-4H3,(H,23,25)/t16-,19+,22+/m1/s1. The predicted molar refractivity (Wildman–Crippen MR) is 105 cm³/mol. The third-order valence-electron chi connectivity index (χ3n) is 5.71. The van der Waals surface area contributed by atoms with Crippen LogP contribution in [0.25, 0.3) is 0 Å². The molecule has 1 aliphatic rings. The van der Waals surface area contributed by atoms with Crippen LogP contribution in [0.15, 0.2) is 24.3 Å². The van der Waals surface area contributed by atoms with Gasteiger partial charge in [0.05, 0.1) is 13.5 Å². The summed E-state index contributed by atoms with van der Waals surface area (Å²) in [6.45, 7) is 6.71. The van der Waals surface area contributed by atoms with Crippen molar-refractivity contribution in [3.05, 3.63) is 35.4 Å². The van der Waals surface area contributed by atoms with Gasteiger partial charge < -0.3 is 15.2 Å². The first-order valence-corrected chi connectivity index (χ1v) is 9.91. The van der Waals surface area contributed by atoms with Crippen LogP contribution in [0.5, 0.6) is 0 Å². The van der Waals surface area contributed by atoms with Crippen LogP contribution in [-0.4, -0.2) is 36.2 Å². The molecule has 0 heterocycles. The second-order valence-electron chi connectivity index (χ2n) is 8.24. The van der Waals surface area contributed by atoms with Crippen LogP contribution in [0.3, 0.4) is 0 Å². The van der Waals surface area contributed by atoms with E-state index < -0.39 is 5.60 Å². The van der Waals surface area contributed by atoms with Gasteiger partial charge >= 0.3 is 5.97 Å². The molecule has 27 heavy (non-hydrogen) atoms. The van der Waals surface area contributed by atoms with Crippen LogP contribution in [0.1, 0.15) is 51.2 Å². The molecule has 2 N–H and O–H groups in total. The number of rotatable bonds is 7. The highest BCUT2D eigenvalue weighted by molar-refractivity contribution is 5.85. The van der Waals surface area contributed by atoms with Gasteiger partial charge in [0.1, 0.15) is 5.60 Å². The fourth-order valence-corrected chi connectivity index (χ4v) is 4.24. The minimum atomic E-state index is -1.28. The summed E-state index contributed by atoms with van der Waals surface area (Å²) in [4.78, 5) is 24.2. The van der Waals surface area contributed by atoms with E-state index in [-0.39, 0.29) is 30.1 Å². The maximum atomic E-state index is 12.8. The van der Waals surface area contributed by atoms with E-state index in [0.29, 0.717) is 25.3 Å². The summed E-state index contributed by atoms with van der Waals surface area (Å²) < 4.78 is 4.70. The molecule has 1 saturated carbocycles. The molecule has 0 spiro atoms. The lowest BCUT2D eigenvalue weighted by Crippen LogP contribution is -2.56. The normalized spacial score (nSPS) is 25.3. The van der Waals surface area contributed by atoms with Gasteiger partial charge in [-0.15, -0.1) is 0 Å². The van der Waals surface area contributed by atoms with Crippen LogP contribution < -0.4 is 5.32 Å². The van der Waals surface area contributed by atoms with Crippen LogP contribution in [0, 0.1) is 17.8 Å². The Morgan fingerprint density at radius 3 is 2.67 bits per heavy atom. The van der Waals surface area contributed by atoms with E-state index in [9.17, 15) is 14.7 Å². The van der Waals surface area contributed by atoms with Crippen molar-refractivity contribution >= 4 is 11.9 Å². The van der Waals surface area contributed by atoms with Crippen molar-refractivity contribution in [3.8, 4) is 0 Å². The van der Waals surface area contributed by atoms with Crippen LogP contribution in [0.4, 0.5) is 0 Å². The lowest BCUT2D eigenvalue weighted by Gasteiger charge is -2.43. The Kier molecular flexibility index (Phi) is 7.42. The first kappa shape index (κ1) is 21.4. The van der Waals surface area contributed by atoms with Gasteiger partial charge in [0.25, 0.3) is 5.91 Å². The van der Waals surface area contributed by atoms with Gasteiger partial charge in [0, 0.05) is 6.54 Å². The highest BCUT2D eigenvalue weighted by Gasteiger charge is 2.48. The number of hydrogen-bond acceptors (Lipinski definition) is 4. The molecule has 1 fully saturated rings. The van der Waals surface area contributed by atoms with Crippen molar-refractivity contribution in [2.75, 3.05) is 13.7 Å². The Labute approximate surface area is 162 Å². The van der Waals surface area contributed by atoms with Gasteiger partial charge in [-0.1, -0.05) is 51.5 Å². The van der Waals surface area contributed by atoms with Crippen molar-refractivity contribution < 1.29 is 19.4 Å². The number of benzene rings is 1. The number of carbonyl (C=O) groups excluding carboxylic acids is 2. The van der Waals surface area contributed by atoms with Crippen molar-refractivity contribution in [3.63, 3.8) is 0 Å². The highest BCUT2D eigenvalue weighted by atomic mass is 16.5. The first-order chi connectivity index (χ1) is 12.8. The van der Waals surface area contributed by atoms with E-state index in [1.54, 1.807) is 0 Å². The summed E-state index contributed by atoms with van der Waals surface area (Å²) in [5, 5.41) is 14.1. The summed E-state index contributed by atoms with van der Waals surface area (Å²) in [6, 6.07) is 7.72. The quantitative estimate of drug-likeness (QED) is 0.719. The van der Waals surface area contributed by atoms with E-state index in [2.05, 4.69) is 26.1 Å². The Hall–Kier alpha value is -1.88. The molecule has 1 aromatic carbocycles. The fourth-order valence-electron chi connectivity index (χ4n) is 4.24.